The van der Waals surface area contributed by atoms with Gasteiger partial charge in [-0.1, -0.05) is 6.07 Å². The molecule has 1 saturated heterocycles. The lowest BCUT2D eigenvalue weighted by atomic mass is 10.2. The molecule has 0 radical (unpaired) electrons. The molecule has 3 rings (SSSR count). The largest absolute Gasteiger partial charge is 0.319 e. The van der Waals surface area contributed by atoms with E-state index >= 15 is 0 Å². The molecule has 1 fully saturated rings. The molecule has 2 aromatic rings. The van der Waals surface area contributed by atoms with Crippen molar-refractivity contribution in [1.29, 1.82) is 0 Å². The third-order valence-corrected chi connectivity index (χ3v) is 5.18. The Morgan fingerprint density at radius 2 is 2.00 bits per heavy atom. The number of anilines is 2. The Morgan fingerprint density at radius 3 is 2.65 bits per heavy atom. The van der Waals surface area contributed by atoms with Crippen LogP contribution in [-0.2, 0) is 10.0 Å². The average molecular weight is 336 g/mol. The molecule has 0 atom stereocenters. The summed E-state index contributed by atoms with van der Waals surface area (Å²) in [6, 6.07) is 6.48. The van der Waals surface area contributed by atoms with Crippen LogP contribution in [-0.4, -0.2) is 36.6 Å². The number of rotatable bonds is 3. The summed E-state index contributed by atoms with van der Waals surface area (Å²) in [7, 11) is -3.29. The van der Waals surface area contributed by atoms with E-state index < -0.39 is 21.7 Å². The molecule has 0 spiro atoms. The maximum absolute atomic E-state index is 12.8. The predicted octanol–water partition coefficient (Wildman–Crippen LogP) is 1.41. The van der Waals surface area contributed by atoms with E-state index in [4.69, 9.17) is 0 Å². The maximum atomic E-state index is 12.8. The minimum Gasteiger partial charge on any atom is -0.319 e. The lowest BCUT2D eigenvalue weighted by Crippen LogP contribution is -2.25. The van der Waals surface area contributed by atoms with Gasteiger partial charge in [0, 0.05) is 12.2 Å². The molecule has 0 unspecified atom stereocenters. The molecule has 1 amide bonds. The molecule has 120 valence electrons. The number of carbonyl (C=O) groups excluding carboxylic acids is 1. The molecule has 0 saturated carbocycles. The quantitative estimate of drug-likeness (QED) is 0.915. The van der Waals surface area contributed by atoms with E-state index in [9.17, 15) is 17.6 Å². The predicted molar refractivity (Wildman–Crippen MR) is 82.1 cm³/mol. The van der Waals surface area contributed by atoms with Crippen LogP contribution in [0.5, 0.6) is 0 Å². The standard InChI is InChI=1S/C14H13FN4O3S/c15-10-8-16-13(17-9-10)14(20)18-11-3-1-4-12(7-11)19-5-2-6-23(19,21)22/h1,3-4,7-9H,2,5-6H2,(H,18,20). The molecule has 2 heterocycles. The van der Waals surface area contributed by atoms with Crippen LogP contribution in [0.4, 0.5) is 15.8 Å². The Hall–Kier alpha value is -2.55. The van der Waals surface area contributed by atoms with Gasteiger partial charge in [0.1, 0.15) is 0 Å². The first-order valence-corrected chi connectivity index (χ1v) is 8.46. The number of hydrogen-bond acceptors (Lipinski definition) is 5. The molecule has 23 heavy (non-hydrogen) atoms. The van der Waals surface area contributed by atoms with E-state index in [1.807, 2.05) is 0 Å². The Labute approximate surface area is 132 Å². The van der Waals surface area contributed by atoms with Crippen molar-refractivity contribution in [2.75, 3.05) is 21.9 Å². The Kier molecular flexibility index (Phi) is 3.95. The van der Waals surface area contributed by atoms with Gasteiger partial charge in [0.25, 0.3) is 5.91 Å². The third kappa shape index (κ3) is 3.29. The van der Waals surface area contributed by atoms with E-state index in [1.165, 1.54) is 4.31 Å². The van der Waals surface area contributed by atoms with Gasteiger partial charge in [-0.25, -0.2) is 22.8 Å². The molecule has 9 heteroatoms. The molecular formula is C14H13FN4O3S. The molecule has 0 aliphatic carbocycles. The van der Waals surface area contributed by atoms with Gasteiger partial charge >= 0.3 is 0 Å². The Morgan fingerprint density at radius 1 is 1.26 bits per heavy atom. The molecule has 1 N–H and O–H groups in total. The van der Waals surface area contributed by atoms with E-state index in [-0.39, 0.29) is 11.6 Å². The molecule has 1 aliphatic rings. The number of nitrogens with zero attached hydrogens (tertiary/aromatic N) is 3. The van der Waals surface area contributed by atoms with Gasteiger partial charge in [0.05, 0.1) is 23.8 Å². The van der Waals surface area contributed by atoms with Crippen LogP contribution >= 0.6 is 0 Å². The van der Waals surface area contributed by atoms with Crippen molar-refractivity contribution in [3.8, 4) is 0 Å². The topological polar surface area (TPSA) is 92.3 Å². The number of hydrogen-bond donors (Lipinski definition) is 1. The SMILES string of the molecule is O=C(Nc1cccc(N2CCCS2(=O)=O)c1)c1ncc(F)cn1. The fraction of sp³-hybridized carbons (Fsp3) is 0.214. The second-order valence-corrected chi connectivity index (χ2v) is 6.98. The fourth-order valence-corrected chi connectivity index (χ4v) is 3.84. The van der Waals surface area contributed by atoms with Gasteiger partial charge in [0.15, 0.2) is 5.82 Å². The zero-order valence-electron chi connectivity index (χ0n) is 11.9. The highest BCUT2D eigenvalue weighted by Gasteiger charge is 2.28. The second-order valence-electron chi connectivity index (χ2n) is 4.97. The number of sulfonamides is 1. The van der Waals surface area contributed by atoms with Crippen LogP contribution in [0.25, 0.3) is 0 Å². The molecule has 1 aromatic heterocycles. The Bertz CT molecular complexity index is 839. The van der Waals surface area contributed by atoms with Crippen molar-refractivity contribution in [1.82, 2.24) is 9.97 Å². The highest BCUT2D eigenvalue weighted by atomic mass is 32.2. The number of benzene rings is 1. The second kappa shape index (κ2) is 5.92. The van der Waals surface area contributed by atoms with Gasteiger partial charge in [-0.3, -0.25) is 9.10 Å². The van der Waals surface area contributed by atoms with Crippen LogP contribution in [0, 0.1) is 5.82 Å². The number of nitrogens with one attached hydrogen (secondary N) is 1. The lowest BCUT2D eigenvalue weighted by Gasteiger charge is -2.17. The summed E-state index contributed by atoms with van der Waals surface area (Å²) >= 11 is 0. The van der Waals surface area contributed by atoms with Crippen molar-refractivity contribution in [3.05, 3.63) is 48.3 Å². The van der Waals surface area contributed by atoms with Crippen molar-refractivity contribution in [2.24, 2.45) is 0 Å². The van der Waals surface area contributed by atoms with Crippen molar-refractivity contribution in [2.45, 2.75) is 6.42 Å². The summed E-state index contributed by atoms with van der Waals surface area (Å²) in [5.74, 6) is -1.30. The zero-order valence-corrected chi connectivity index (χ0v) is 12.8. The third-order valence-electron chi connectivity index (χ3n) is 3.31. The molecular weight excluding hydrogens is 323 g/mol. The minimum atomic E-state index is -3.29. The van der Waals surface area contributed by atoms with E-state index in [1.54, 1.807) is 24.3 Å². The zero-order chi connectivity index (χ0) is 16.4. The van der Waals surface area contributed by atoms with Crippen LogP contribution < -0.4 is 9.62 Å². The fourth-order valence-electron chi connectivity index (χ4n) is 2.28. The summed E-state index contributed by atoms with van der Waals surface area (Å²) in [6.45, 7) is 0.417. The van der Waals surface area contributed by atoms with Crippen molar-refractivity contribution < 1.29 is 17.6 Å². The van der Waals surface area contributed by atoms with E-state index in [0.29, 0.717) is 24.3 Å². The molecule has 7 nitrogen and oxygen atoms in total. The first kappa shape index (κ1) is 15.3. The average Bonchev–Trinajstić information content (AvgIpc) is 2.87. The lowest BCUT2D eigenvalue weighted by molar-refractivity contribution is 0.101. The van der Waals surface area contributed by atoms with Crippen LogP contribution in [0.2, 0.25) is 0 Å². The van der Waals surface area contributed by atoms with Gasteiger partial charge < -0.3 is 5.32 Å². The number of aromatic nitrogens is 2. The van der Waals surface area contributed by atoms with Gasteiger partial charge in [0.2, 0.25) is 15.8 Å². The normalized spacial score (nSPS) is 16.3. The summed E-state index contributed by atoms with van der Waals surface area (Å²) < 4.78 is 37.9. The van der Waals surface area contributed by atoms with Crippen LogP contribution in [0.1, 0.15) is 17.0 Å². The van der Waals surface area contributed by atoms with Crippen molar-refractivity contribution in [3.63, 3.8) is 0 Å². The number of halogens is 1. The highest BCUT2D eigenvalue weighted by molar-refractivity contribution is 7.93. The summed E-state index contributed by atoms with van der Waals surface area (Å²) in [5, 5.41) is 2.56. The number of carbonyl (C=O) groups is 1. The van der Waals surface area contributed by atoms with Gasteiger partial charge in [-0.15, -0.1) is 0 Å². The van der Waals surface area contributed by atoms with Crippen LogP contribution in [0.3, 0.4) is 0 Å². The number of amides is 1. The molecule has 1 aromatic carbocycles. The summed E-state index contributed by atoms with van der Waals surface area (Å²) in [4.78, 5) is 19.2. The Balaban J connectivity index is 1.80. The minimum absolute atomic E-state index is 0.118. The van der Waals surface area contributed by atoms with E-state index in [2.05, 4.69) is 15.3 Å². The summed E-state index contributed by atoms with van der Waals surface area (Å²) in [5.41, 5.74) is 0.892. The monoisotopic (exact) mass is 336 g/mol. The first-order valence-electron chi connectivity index (χ1n) is 6.85. The first-order chi connectivity index (χ1) is 11.0. The molecule has 1 aliphatic heterocycles. The summed E-state index contributed by atoms with van der Waals surface area (Å²) in [6.07, 6.45) is 2.37. The van der Waals surface area contributed by atoms with Gasteiger partial charge in [-0.2, -0.15) is 0 Å². The van der Waals surface area contributed by atoms with Crippen LogP contribution in [0.15, 0.2) is 36.7 Å². The highest BCUT2D eigenvalue weighted by Crippen LogP contribution is 2.26. The molecule has 0 bridgehead atoms. The van der Waals surface area contributed by atoms with E-state index in [0.717, 1.165) is 12.4 Å². The maximum Gasteiger partial charge on any atom is 0.293 e. The smallest absolute Gasteiger partial charge is 0.293 e. The van der Waals surface area contributed by atoms with Crippen molar-refractivity contribution >= 4 is 27.3 Å². The van der Waals surface area contributed by atoms with Gasteiger partial charge in [-0.05, 0) is 24.6 Å².